The van der Waals surface area contributed by atoms with Crippen LogP contribution in [0, 0.1) is 12.7 Å². The Morgan fingerprint density at radius 2 is 1.93 bits per heavy atom. The highest BCUT2D eigenvalue weighted by atomic mass is 32.2. The normalized spacial score (nSPS) is 22.8. The molecule has 5 heterocycles. The molecule has 10 heteroatoms. The maximum absolute atomic E-state index is 13.4. The summed E-state index contributed by atoms with van der Waals surface area (Å²) in [5, 5.41) is 12.3. The zero-order valence-electron chi connectivity index (χ0n) is 14.5. The van der Waals surface area contributed by atoms with Crippen molar-refractivity contribution in [2.75, 3.05) is 18.0 Å². The Hall–Kier alpha value is -2.59. The Bertz CT molecular complexity index is 1140. The summed E-state index contributed by atoms with van der Waals surface area (Å²) in [6.07, 6.45) is 2.36. The van der Waals surface area contributed by atoms with Crippen molar-refractivity contribution in [3.8, 4) is 0 Å². The van der Waals surface area contributed by atoms with Crippen molar-refractivity contribution in [2.24, 2.45) is 0 Å². The van der Waals surface area contributed by atoms with Gasteiger partial charge in [-0.2, -0.15) is 8.82 Å². The van der Waals surface area contributed by atoms with Crippen LogP contribution in [0.4, 0.5) is 10.2 Å². The van der Waals surface area contributed by atoms with Crippen LogP contribution in [-0.2, 0) is 10.0 Å². The van der Waals surface area contributed by atoms with E-state index in [1.807, 2.05) is 12.1 Å². The van der Waals surface area contributed by atoms with Gasteiger partial charge in [-0.3, -0.25) is 0 Å². The lowest BCUT2D eigenvalue weighted by molar-refractivity contribution is 0.0873. The fourth-order valence-electron chi connectivity index (χ4n) is 4.06. The summed E-state index contributed by atoms with van der Waals surface area (Å²) in [4.78, 5) is 2.26. The summed E-state index contributed by atoms with van der Waals surface area (Å²) in [6, 6.07) is 7.29. The summed E-state index contributed by atoms with van der Waals surface area (Å²) in [5.41, 5.74) is 1.09. The average Bonchev–Trinajstić information content (AvgIpc) is 3.08. The van der Waals surface area contributed by atoms with Gasteiger partial charge in [-0.05, 0) is 49.2 Å². The summed E-state index contributed by atoms with van der Waals surface area (Å²) >= 11 is 0. The van der Waals surface area contributed by atoms with Crippen LogP contribution in [0.2, 0.25) is 0 Å². The first-order valence-corrected chi connectivity index (χ1v) is 10.1. The third kappa shape index (κ3) is 2.51. The van der Waals surface area contributed by atoms with E-state index in [9.17, 15) is 12.8 Å². The molecule has 8 nitrogen and oxygen atoms in total. The second-order valence-electron chi connectivity index (χ2n) is 7.02. The number of nitrogens with zero attached hydrogens (tertiary/aromatic N) is 6. The number of rotatable bonds is 3. The SMILES string of the molecule is Cc1cc(F)ccc1S(=O)(=O)N1C2CC1CN(c1ccc3nncn3n1)C2. The van der Waals surface area contributed by atoms with E-state index in [1.54, 1.807) is 15.7 Å². The largest absolute Gasteiger partial charge is 0.352 e. The summed E-state index contributed by atoms with van der Waals surface area (Å²) in [6.45, 7) is 2.75. The Kier molecular flexibility index (Phi) is 3.50. The molecular formula is C17H17FN6O2S. The molecule has 2 aromatic heterocycles. The third-order valence-electron chi connectivity index (χ3n) is 5.29. The topological polar surface area (TPSA) is 83.7 Å². The first-order chi connectivity index (χ1) is 12.9. The molecule has 140 valence electrons. The highest BCUT2D eigenvalue weighted by molar-refractivity contribution is 7.89. The molecule has 3 fully saturated rings. The number of anilines is 1. The van der Waals surface area contributed by atoms with E-state index in [0.717, 1.165) is 12.2 Å². The molecule has 3 aliphatic rings. The zero-order chi connectivity index (χ0) is 18.8. The Morgan fingerprint density at radius 1 is 1.15 bits per heavy atom. The number of hydrogen-bond acceptors (Lipinski definition) is 6. The summed E-state index contributed by atoms with van der Waals surface area (Å²) in [7, 11) is -3.65. The number of aryl methyl sites for hydroxylation is 1. The highest BCUT2D eigenvalue weighted by Crippen LogP contribution is 2.39. The second-order valence-corrected chi connectivity index (χ2v) is 8.83. The molecule has 1 aromatic carbocycles. The Labute approximate surface area is 155 Å². The quantitative estimate of drug-likeness (QED) is 0.671. The van der Waals surface area contributed by atoms with Crippen LogP contribution in [0.25, 0.3) is 5.65 Å². The second kappa shape index (κ2) is 5.70. The number of benzene rings is 1. The van der Waals surface area contributed by atoms with Gasteiger partial charge < -0.3 is 4.90 Å². The van der Waals surface area contributed by atoms with Crippen molar-refractivity contribution >= 4 is 21.5 Å². The number of piperazine rings is 1. The van der Waals surface area contributed by atoms with Crippen molar-refractivity contribution in [3.63, 3.8) is 0 Å². The fourth-order valence-corrected chi connectivity index (χ4v) is 6.08. The van der Waals surface area contributed by atoms with Gasteiger partial charge in [0.25, 0.3) is 0 Å². The third-order valence-corrected chi connectivity index (χ3v) is 7.46. The summed E-state index contributed by atoms with van der Waals surface area (Å²) in [5.74, 6) is 0.337. The van der Waals surface area contributed by atoms with Gasteiger partial charge in [0.05, 0.1) is 4.90 Å². The van der Waals surface area contributed by atoms with Crippen molar-refractivity contribution in [1.29, 1.82) is 0 Å². The molecule has 27 heavy (non-hydrogen) atoms. The van der Waals surface area contributed by atoms with Crippen LogP contribution in [0.3, 0.4) is 0 Å². The van der Waals surface area contributed by atoms with Crippen molar-refractivity contribution < 1.29 is 12.8 Å². The molecule has 3 aromatic rings. The first kappa shape index (κ1) is 16.6. The van der Waals surface area contributed by atoms with Crippen LogP contribution in [0.1, 0.15) is 12.0 Å². The van der Waals surface area contributed by atoms with Gasteiger partial charge in [0.15, 0.2) is 5.65 Å². The molecule has 0 amide bonds. The number of aromatic nitrogens is 4. The van der Waals surface area contributed by atoms with E-state index in [-0.39, 0.29) is 17.0 Å². The van der Waals surface area contributed by atoms with Crippen LogP contribution in [-0.4, -0.2) is 57.7 Å². The molecule has 2 unspecified atom stereocenters. The minimum absolute atomic E-state index is 0.114. The van der Waals surface area contributed by atoms with Crippen LogP contribution in [0.15, 0.2) is 41.6 Å². The number of fused-ring (bicyclic) bond motifs is 3. The van der Waals surface area contributed by atoms with E-state index in [1.165, 1.54) is 24.5 Å². The molecule has 0 saturated carbocycles. The lowest BCUT2D eigenvalue weighted by Gasteiger charge is -2.55. The molecular weight excluding hydrogens is 371 g/mol. The van der Waals surface area contributed by atoms with Crippen molar-refractivity contribution in [1.82, 2.24) is 24.1 Å². The minimum atomic E-state index is -3.65. The smallest absolute Gasteiger partial charge is 0.243 e. The molecule has 0 aliphatic carbocycles. The first-order valence-electron chi connectivity index (χ1n) is 8.65. The van der Waals surface area contributed by atoms with Gasteiger partial charge in [0, 0.05) is 25.2 Å². The molecule has 2 atom stereocenters. The molecule has 3 saturated heterocycles. The molecule has 0 N–H and O–H groups in total. The monoisotopic (exact) mass is 388 g/mol. The lowest BCUT2D eigenvalue weighted by atomic mass is 9.91. The standard InChI is InChI=1S/C17H17FN6O2S/c1-11-6-12(18)2-3-15(11)27(25,26)24-13-7-14(24)9-22(8-13)17-5-4-16-20-19-10-23(16)21-17/h2-6,10,13-14H,7-9H2,1H3. The Morgan fingerprint density at radius 3 is 2.67 bits per heavy atom. The predicted octanol–water partition coefficient (Wildman–Crippen LogP) is 1.22. The van der Waals surface area contributed by atoms with Crippen LogP contribution >= 0.6 is 0 Å². The van der Waals surface area contributed by atoms with Gasteiger partial charge >= 0.3 is 0 Å². The van der Waals surface area contributed by atoms with Crippen molar-refractivity contribution in [2.45, 2.75) is 30.3 Å². The van der Waals surface area contributed by atoms with E-state index < -0.39 is 15.8 Å². The number of piperidine rings is 1. The molecule has 2 bridgehead atoms. The van der Waals surface area contributed by atoms with Crippen LogP contribution in [0.5, 0.6) is 0 Å². The van der Waals surface area contributed by atoms with E-state index in [4.69, 9.17) is 0 Å². The maximum Gasteiger partial charge on any atom is 0.243 e. The van der Waals surface area contributed by atoms with Gasteiger partial charge in [-0.15, -0.1) is 15.3 Å². The fraction of sp³-hybridized carbons (Fsp3) is 0.353. The lowest BCUT2D eigenvalue weighted by Crippen LogP contribution is -2.70. The summed E-state index contributed by atoms with van der Waals surface area (Å²) < 4.78 is 42.7. The zero-order valence-corrected chi connectivity index (χ0v) is 15.3. The van der Waals surface area contributed by atoms with E-state index in [2.05, 4.69) is 20.2 Å². The molecule has 0 spiro atoms. The highest BCUT2D eigenvalue weighted by Gasteiger charge is 2.51. The molecule has 0 radical (unpaired) electrons. The average molecular weight is 388 g/mol. The Balaban J connectivity index is 1.41. The van der Waals surface area contributed by atoms with Gasteiger partial charge in [0.2, 0.25) is 10.0 Å². The van der Waals surface area contributed by atoms with Gasteiger partial charge in [0.1, 0.15) is 18.0 Å². The molecule has 3 aliphatic heterocycles. The maximum atomic E-state index is 13.4. The minimum Gasteiger partial charge on any atom is -0.352 e. The number of halogens is 1. The van der Waals surface area contributed by atoms with Gasteiger partial charge in [-0.1, -0.05) is 0 Å². The van der Waals surface area contributed by atoms with E-state index in [0.29, 0.717) is 24.3 Å². The van der Waals surface area contributed by atoms with Crippen molar-refractivity contribution in [3.05, 3.63) is 48.0 Å². The predicted molar refractivity (Wildman–Crippen MR) is 95.3 cm³/mol. The van der Waals surface area contributed by atoms with Gasteiger partial charge in [-0.25, -0.2) is 12.8 Å². The van der Waals surface area contributed by atoms with Crippen LogP contribution < -0.4 is 4.90 Å². The van der Waals surface area contributed by atoms with E-state index >= 15 is 0 Å². The number of hydrogen-bond donors (Lipinski definition) is 0. The molecule has 6 rings (SSSR count). The number of sulfonamides is 1.